The number of benzene rings is 9. The molecule has 0 aliphatic heterocycles. The molecule has 9 rings (SSSR count). The van der Waals surface area contributed by atoms with Crippen LogP contribution in [0.3, 0.4) is 0 Å². The molecule has 0 radical (unpaired) electrons. The summed E-state index contributed by atoms with van der Waals surface area (Å²) in [6.07, 6.45) is -4.22. The standard InChI is InChI=1S/C22H22F3N.C22H20F3N.C12H13N.C10H9F3O.2C3H8O.C3H8.CH4.I3.I2.4HI.H2O.Ti.V/c2*1-16(20-13-5-10-18-9-2-3-12-21(18)20)26-14-6-8-17-7-4-11-19(15-17)22(23,24)25;1-9(13)11-8-4-6-10-5-2-3-7-12(10)11;11-10(12,13)9-5-1-3-8(7-9)4-2-6-14;2*1-2-3-4;1-3-2;;1-3-2;1-2;;;;;;;/h2-5,7,9-13,15-16,26H,6,8,14H2,1H3;2-5,7,9-16H,6,8H2,1H3;2-9H,13H2,1H3;1,3,5-7H,2,4H2;2*4H,2-3H2,1H3;3H2,1-2H3;1H4;;;4*1H;1H2;;/q;;;;;;;;-1;;;;;;;;+3/p-3/t2*16-;9-;;;;;;;;;;;;;;/m111............../s1. The Morgan fingerprint density at radius 2 is 0.816 bits per heavy atom. The molecule has 3 atom stereocenters. The predicted octanol–water partition coefficient (Wildman–Crippen LogP) is 24.3. The first-order chi connectivity index (χ1) is 47.1. The fourth-order valence-corrected chi connectivity index (χ4v) is 9.09. The normalized spacial score (nSPS) is 11.3. The van der Waals surface area contributed by atoms with Crippen LogP contribution in [-0.2, 0) is 69.2 Å². The number of aliphatic hydroxyl groups excluding tert-OH is 2. The van der Waals surface area contributed by atoms with E-state index in [0.717, 1.165) is 61.2 Å². The van der Waals surface area contributed by atoms with Crippen LogP contribution in [0.15, 0.2) is 205 Å². The molecule has 0 amide bonds. The molecule has 27 heteroatoms. The smallest absolute Gasteiger partial charge is 0 e. The number of aliphatic imine (C=N–C) groups is 1. The first-order valence-corrected chi connectivity index (χ1v) is 63.9. The van der Waals surface area contributed by atoms with E-state index in [2.05, 4.69) is 250 Å². The number of fused-ring (bicyclic) bond motifs is 3. The van der Waals surface area contributed by atoms with Crippen molar-refractivity contribution in [1.29, 1.82) is 0 Å². The molecule has 0 aliphatic carbocycles. The van der Waals surface area contributed by atoms with E-state index < -0.39 is 35.2 Å². The van der Waals surface area contributed by atoms with Crippen molar-refractivity contribution in [3.8, 4) is 0 Å². The minimum Gasteiger partial charge on any atom is 0 e. The minimum atomic E-state index is -4.31. The van der Waals surface area contributed by atoms with Gasteiger partial charge in [0.05, 0.1) is 22.7 Å². The van der Waals surface area contributed by atoms with Crippen molar-refractivity contribution in [1.82, 2.24) is 5.32 Å². The van der Waals surface area contributed by atoms with Crippen LogP contribution in [0.25, 0.3) is 32.3 Å². The largest absolute Gasteiger partial charge is 0 e. The number of aldehydes is 1. The van der Waals surface area contributed by atoms with E-state index >= 15 is 0 Å². The molecule has 0 spiro atoms. The molecule has 9 aromatic carbocycles. The molecule has 0 bridgehead atoms. The van der Waals surface area contributed by atoms with Crippen molar-refractivity contribution < 1.29 is 99.9 Å². The average Bonchev–Trinajstić information content (AvgIpc) is 0.831. The zero-order valence-electron chi connectivity index (χ0n) is 57.5. The Morgan fingerprint density at radius 3 is 1.16 bits per heavy atom. The molecular weight excluding hydrogens is 2430 g/mol. The van der Waals surface area contributed by atoms with E-state index in [4.69, 9.17) is 15.9 Å². The van der Waals surface area contributed by atoms with Crippen LogP contribution < -0.4 is 24.3 Å². The van der Waals surface area contributed by atoms with Gasteiger partial charge in [-0.1, -0.05) is 224 Å². The van der Waals surface area contributed by atoms with Gasteiger partial charge in [0.15, 0.2) is 0 Å². The number of aliphatic hydroxyl groups is 2. The van der Waals surface area contributed by atoms with Crippen molar-refractivity contribution >= 4 is 203 Å². The molecule has 0 aromatic heterocycles. The number of rotatable bonds is 17. The van der Waals surface area contributed by atoms with Gasteiger partial charge < -0.3 is 31.5 Å². The van der Waals surface area contributed by atoms with Gasteiger partial charge in [-0.2, -0.15) is 39.5 Å². The second-order valence-electron chi connectivity index (χ2n) is 21.5. The quantitative estimate of drug-likeness (QED) is 0.0180. The summed E-state index contributed by atoms with van der Waals surface area (Å²) in [5.41, 5.74) is 9.57. The summed E-state index contributed by atoms with van der Waals surface area (Å²) < 4.78 is 113. The third-order valence-electron chi connectivity index (χ3n) is 13.6. The topological polar surface area (TPSA) is 139 Å². The van der Waals surface area contributed by atoms with Gasteiger partial charge in [0.2, 0.25) is 0 Å². The molecule has 7 nitrogen and oxygen atoms in total. The van der Waals surface area contributed by atoms with Crippen molar-refractivity contribution in [2.24, 2.45) is 10.7 Å². The molecule has 9 aromatic rings. The fourth-order valence-electron chi connectivity index (χ4n) is 9.09. The van der Waals surface area contributed by atoms with Crippen LogP contribution in [0, 0.1) is 0 Å². The van der Waals surface area contributed by atoms with Crippen LogP contribution in [0.5, 0.6) is 0 Å². The fraction of sp³-hybridized carbons (Fsp3) is 0.342. The van der Waals surface area contributed by atoms with Crippen molar-refractivity contribution in [3.63, 3.8) is 0 Å². The van der Waals surface area contributed by atoms with Crippen molar-refractivity contribution in [2.75, 3.05) is 19.8 Å². The Bertz CT molecular complexity index is 3600. The Balaban J connectivity index is -0.000000386. The van der Waals surface area contributed by atoms with Gasteiger partial charge >= 0.3 is 134 Å². The van der Waals surface area contributed by atoms with Gasteiger partial charge in [-0.15, -0.1) is 24.0 Å². The van der Waals surface area contributed by atoms with Crippen LogP contribution >= 0.6 is 158 Å². The monoisotopic (exact) mass is 2530 g/mol. The van der Waals surface area contributed by atoms with Gasteiger partial charge in [0.25, 0.3) is 0 Å². The number of hydrogen-bond donors (Lipinski definition) is 4. The number of nitrogens with zero attached hydrogens (tertiary/aromatic N) is 1. The number of carbonyl (C=O) groups is 1. The molecule has 7 N–H and O–H groups in total. The summed E-state index contributed by atoms with van der Waals surface area (Å²) in [4.78, 5) is 14.3. The van der Waals surface area contributed by atoms with E-state index in [1.807, 2.05) is 76.4 Å². The van der Waals surface area contributed by atoms with Crippen LogP contribution in [-0.4, -0.2) is 47.9 Å². The first kappa shape index (κ1) is 112. The van der Waals surface area contributed by atoms with Gasteiger partial charge in [0.1, 0.15) is 6.29 Å². The number of alkyl halides is 9. The van der Waals surface area contributed by atoms with E-state index in [1.165, 1.54) is 80.2 Å². The van der Waals surface area contributed by atoms with Gasteiger partial charge in [0, 0.05) is 90.7 Å². The molecule has 0 heterocycles. The van der Waals surface area contributed by atoms with E-state index in [1.54, 1.807) is 18.2 Å². The second kappa shape index (κ2) is 66.7. The third kappa shape index (κ3) is 50.0. The Labute approximate surface area is 728 Å². The second-order valence-corrected chi connectivity index (χ2v) is 73.1. The number of carbonyl (C=O) groups excluding carboxylic acids is 1. The van der Waals surface area contributed by atoms with Crippen LogP contribution in [0.2, 0.25) is 0 Å². The molecule has 0 saturated heterocycles. The van der Waals surface area contributed by atoms with E-state index in [-0.39, 0.29) is 88.1 Å². The summed E-state index contributed by atoms with van der Waals surface area (Å²) in [5, 5.41) is 26.6. The van der Waals surface area contributed by atoms with E-state index in [0.29, 0.717) is 69.6 Å². The average molecular weight is 2530 g/mol. The first-order valence-electron chi connectivity index (χ1n) is 31.5. The Morgan fingerprint density at radius 1 is 0.524 bits per heavy atom. The summed E-state index contributed by atoms with van der Waals surface area (Å²) in [5.74, 6) is 0. The number of aryl methyl sites for hydroxylation is 3. The van der Waals surface area contributed by atoms with Crippen molar-refractivity contribution in [3.05, 3.63) is 250 Å². The number of hydrogen-bond acceptors (Lipinski definition) is 6. The van der Waals surface area contributed by atoms with Crippen LogP contribution in [0.4, 0.5) is 39.5 Å². The predicted molar refractivity (Wildman–Crippen MR) is 478 cm³/mol. The molecule has 574 valence electrons. The minimum absolute atomic E-state index is 0. The number of halogens is 18. The third-order valence-corrected chi connectivity index (χ3v) is 13.6. The summed E-state index contributed by atoms with van der Waals surface area (Å²) >= 11 is 16.9. The SMILES string of the molecule is C.CCC.CCCO.CCCO.C[C@@H](N)c1cccc2ccccc12.C[C@@H](N=CCCc1cccc(C(F)(F)F)c1)c1cccc2ccccc12.C[C@@H](NCCCc1cccc(C(F)(F)F)c1)c1cccc2ccccc12.I.II.I[I-]I.O.O=CCCc1cccc(C(F)(F)F)c1.[I][V]([I])[I].[Ti]. The Kier molecular flexibility index (Phi) is 72.4. The van der Waals surface area contributed by atoms with Gasteiger partial charge in [-0.25, -0.2) is 0 Å². The number of nitrogens with one attached hydrogen (secondary N) is 1. The van der Waals surface area contributed by atoms with E-state index in [9.17, 15) is 44.3 Å². The Hall–Kier alpha value is 0.139. The van der Waals surface area contributed by atoms with Crippen molar-refractivity contribution in [2.45, 2.75) is 150 Å². The molecule has 0 fully saturated rings. The van der Waals surface area contributed by atoms with Crippen LogP contribution in [0.1, 0.15) is 163 Å². The van der Waals surface area contributed by atoms with Gasteiger partial charge in [-0.05, 0) is 162 Å². The summed E-state index contributed by atoms with van der Waals surface area (Å²) in [7, 11) is 0. The molecule has 0 aliphatic rings. The van der Waals surface area contributed by atoms with Gasteiger partial charge in [-0.3, -0.25) is 4.99 Å². The molecule has 103 heavy (non-hydrogen) atoms. The summed E-state index contributed by atoms with van der Waals surface area (Å²) in [6.45, 7) is 15.7. The molecule has 0 saturated carbocycles. The number of nitrogens with two attached hydrogens (primary N) is 1. The molecule has 0 unspecified atom stereocenters. The maximum Gasteiger partial charge on any atom is 0 e. The zero-order chi connectivity index (χ0) is 74.8. The molecular formula is C76H95F9I9N3O4TiV-. The zero-order valence-corrected chi connectivity index (χ0v) is 80.1. The summed E-state index contributed by atoms with van der Waals surface area (Å²) in [6, 6.07) is 59.8. The maximum absolute atomic E-state index is 12.8. The maximum atomic E-state index is 12.8.